The fourth-order valence-corrected chi connectivity index (χ4v) is 3.39. The maximum atomic E-state index is 3.44. The molecule has 0 aromatic heterocycles. The molecule has 1 aliphatic heterocycles. The minimum Gasteiger partial charge on any atom is -0.314 e. The molecule has 0 spiro atoms. The second-order valence-corrected chi connectivity index (χ2v) is 6.17. The summed E-state index contributed by atoms with van der Waals surface area (Å²) in [6.45, 7) is 9.19. The number of nitrogens with one attached hydrogen (secondary N) is 1. The average molecular weight is 261 g/mol. The molecule has 0 aliphatic carbocycles. The van der Waals surface area contributed by atoms with Crippen LogP contribution in [0.1, 0.15) is 25.5 Å². The van der Waals surface area contributed by atoms with E-state index in [-0.39, 0.29) is 5.54 Å². The molecule has 1 fully saturated rings. The van der Waals surface area contributed by atoms with Crippen molar-refractivity contribution in [1.29, 1.82) is 0 Å². The van der Waals surface area contributed by atoms with Gasteiger partial charge in [0.2, 0.25) is 0 Å². The third kappa shape index (κ3) is 3.16. The summed E-state index contributed by atoms with van der Waals surface area (Å²) in [4.78, 5) is 4.96. The van der Waals surface area contributed by atoms with Gasteiger partial charge in [0.05, 0.1) is 6.04 Å². The van der Waals surface area contributed by atoms with Crippen molar-refractivity contribution in [3.05, 3.63) is 35.9 Å². The van der Waals surface area contributed by atoms with Crippen molar-refractivity contribution in [3.63, 3.8) is 0 Å². The average Bonchev–Trinajstić information content (AvgIpc) is 2.40. The predicted molar refractivity (Wildman–Crippen MR) is 81.4 cm³/mol. The molecule has 1 atom stereocenters. The predicted octanol–water partition coefficient (Wildman–Crippen LogP) is 1.97. The van der Waals surface area contributed by atoms with Gasteiger partial charge in [0, 0.05) is 31.7 Å². The Hall–Kier alpha value is -0.900. The summed E-state index contributed by atoms with van der Waals surface area (Å²) in [5.41, 5.74) is 1.53. The van der Waals surface area contributed by atoms with E-state index in [0.717, 1.165) is 26.2 Å². The number of benzene rings is 1. The van der Waals surface area contributed by atoms with Gasteiger partial charge in [-0.15, -0.1) is 0 Å². The van der Waals surface area contributed by atoms with E-state index in [2.05, 4.69) is 73.4 Å². The molecule has 3 nitrogen and oxygen atoms in total. The van der Waals surface area contributed by atoms with Gasteiger partial charge in [0.25, 0.3) is 0 Å². The van der Waals surface area contributed by atoms with Gasteiger partial charge in [0.1, 0.15) is 0 Å². The third-order valence-electron chi connectivity index (χ3n) is 4.23. The van der Waals surface area contributed by atoms with E-state index in [1.807, 2.05) is 0 Å². The summed E-state index contributed by atoms with van der Waals surface area (Å²) in [6.07, 6.45) is 0. The molecule has 19 heavy (non-hydrogen) atoms. The Kier molecular flexibility index (Phi) is 4.61. The number of hydrogen-bond acceptors (Lipinski definition) is 3. The molecular formula is C16H27N3. The minimum atomic E-state index is 0.132. The van der Waals surface area contributed by atoms with Gasteiger partial charge in [-0.2, -0.15) is 0 Å². The van der Waals surface area contributed by atoms with Crippen LogP contribution in [0.2, 0.25) is 0 Å². The zero-order valence-corrected chi connectivity index (χ0v) is 12.7. The fourth-order valence-electron chi connectivity index (χ4n) is 3.39. The Morgan fingerprint density at radius 1 is 1.11 bits per heavy atom. The van der Waals surface area contributed by atoms with E-state index in [1.165, 1.54) is 5.56 Å². The summed E-state index contributed by atoms with van der Waals surface area (Å²) in [5, 5.41) is 3.44. The van der Waals surface area contributed by atoms with Crippen LogP contribution in [0.4, 0.5) is 0 Å². The Bertz CT molecular complexity index is 380. The standard InChI is InChI=1S/C16H27N3/c1-16(2,19-12-10-17-11-13-19)15(18(3)4)14-8-6-5-7-9-14/h5-9,15,17H,10-13H2,1-4H3. The molecule has 3 heteroatoms. The molecule has 1 heterocycles. The molecule has 1 unspecified atom stereocenters. The van der Waals surface area contributed by atoms with Crippen LogP contribution >= 0.6 is 0 Å². The van der Waals surface area contributed by atoms with E-state index < -0.39 is 0 Å². The molecule has 0 radical (unpaired) electrons. The zero-order valence-electron chi connectivity index (χ0n) is 12.7. The quantitative estimate of drug-likeness (QED) is 0.894. The lowest BCUT2D eigenvalue weighted by Crippen LogP contribution is -2.58. The lowest BCUT2D eigenvalue weighted by molar-refractivity contribution is 0.0291. The third-order valence-corrected chi connectivity index (χ3v) is 4.23. The molecule has 0 bridgehead atoms. The second-order valence-electron chi connectivity index (χ2n) is 6.17. The Morgan fingerprint density at radius 2 is 1.68 bits per heavy atom. The first-order chi connectivity index (χ1) is 9.03. The number of piperazine rings is 1. The highest BCUT2D eigenvalue weighted by Crippen LogP contribution is 2.34. The Morgan fingerprint density at radius 3 is 2.21 bits per heavy atom. The minimum absolute atomic E-state index is 0.132. The molecule has 1 N–H and O–H groups in total. The van der Waals surface area contributed by atoms with E-state index in [0.29, 0.717) is 6.04 Å². The molecule has 1 aromatic carbocycles. The van der Waals surface area contributed by atoms with Crippen LogP contribution in [0.25, 0.3) is 0 Å². The molecule has 106 valence electrons. The molecule has 1 aromatic rings. The van der Waals surface area contributed by atoms with Crippen LogP contribution < -0.4 is 5.32 Å². The molecule has 0 saturated carbocycles. The SMILES string of the molecule is CN(C)C(c1ccccc1)C(C)(C)N1CCNCC1. The van der Waals surface area contributed by atoms with Crippen molar-refractivity contribution in [2.45, 2.75) is 25.4 Å². The second kappa shape index (κ2) is 6.04. The highest BCUT2D eigenvalue weighted by molar-refractivity contribution is 5.23. The molecule has 1 aliphatic rings. The van der Waals surface area contributed by atoms with Gasteiger partial charge in [-0.3, -0.25) is 4.90 Å². The Labute approximate surface area is 117 Å². The lowest BCUT2D eigenvalue weighted by atomic mass is 9.85. The molecular weight excluding hydrogens is 234 g/mol. The van der Waals surface area contributed by atoms with Gasteiger partial charge in [-0.05, 0) is 33.5 Å². The fraction of sp³-hybridized carbons (Fsp3) is 0.625. The van der Waals surface area contributed by atoms with Crippen molar-refractivity contribution in [3.8, 4) is 0 Å². The van der Waals surface area contributed by atoms with Crippen LogP contribution in [0.3, 0.4) is 0 Å². The van der Waals surface area contributed by atoms with Crippen molar-refractivity contribution in [2.75, 3.05) is 40.3 Å². The van der Waals surface area contributed by atoms with Crippen LogP contribution in [0.15, 0.2) is 30.3 Å². The largest absolute Gasteiger partial charge is 0.314 e. The van der Waals surface area contributed by atoms with Crippen LogP contribution in [0, 0.1) is 0 Å². The first kappa shape index (κ1) is 14.5. The Balaban J connectivity index is 2.27. The van der Waals surface area contributed by atoms with Crippen LogP contribution in [0.5, 0.6) is 0 Å². The van der Waals surface area contributed by atoms with Crippen LogP contribution in [-0.2, 0) is 0 Å². The first-order valence-corrected chi connectivity index (χ1v) is 7.20. The number of nitrogens with zero attached hydrogens (tertiary/aromatic N) is 2. The van der Waals surface area contributed by atoms with E-state index in [1.54, 1.807) is 0 Å². The van der Waals surface area contributed by atoms with Crippen molar-refractivity contribution in [1.82, 2.24) is 15.1 Å². The van der Waals surface area contributed by atoms with E-state index in [4.69, 9.17) is 0 Å². The first-order valence-electron chi connectivity index (χ1n) is 7.20. The maximum absolute atomic E-state index is 3.44. The normalized spacial score (nSPS) is 19.6. The maximum Gasteiger partial charge on any atom is 0.0521 e. The molecule has 2 rings (SSSR count). The summed E-state index contributed by atoms with van der Waals surface area (Å²) >= 11 is 0. The van der Waals surface area contributed by atoms with Gasteiger partial charge >= 0.3 is 0 Å². The summed E-state index contributed by atoms with van der Waals surface area (Å²) < 4.78 is 0. The van der Waals surface area contributed by atoms with Crippen LogP contribution in [-0.4, -0.2) is 55.6 Å². The lowest BCUT2D eigenvalue weighted by Gasteiger charge is -2.48. The smallest absolute Gasteiger partial charge is 0.0521 e. The number of hydrogen-bond donors (Lipinski definition) is 1. The molecule has 0 amide bonds. The monoisotopic (exact) mass is 261 g/mol. The number of rotatable bonds is 4. The van der Waals surface area contributed by atoms with Gasteiger partial charge in [-0.25, -0.2) is 0 Å². The molecule has 1 saturated heterocycles. The number of likely N-dealkylation sites (N-methyl/N-ethyl adjacent to an activating group) is 1. The van der Waals surface area contributed by atoms with E-state index >= 15 is 0 Å². The topological polar surface area (TPSA) is 18.5 Å². The summed E-state index contributed by atoms with van der Waals surface area (Å²) in [5.74, 6) is 0. The highest BCUT2D eigenvalue weighted by atomic mass is 15.3. The zero-order chi connectivity index (χ0) is 13.9. The van der Waals surface area contributed by atoms with Gasteiger partial charge in [-0.1, -0.05) is 30.3 Å². The summed E-state index contributed by atoms with van der Waals surface area (Å²) in [7, 11) is 4.36. The van der Waals surface area contributed by atoms with E-state index in [9.17, 15) is 0 Å². The highest BCUT2D eigenvalue weighted by Gasteiger charge is 2.38. The van der Waals surface area contributed by atoms with Crippen molar-refractivity contribution in [2.24, 2.45) is 0 Å². The van der Waals surface area contributed by atoms with Crippen molar-refractivity contribution < 1.29 is 0 Å². The van der Waals surface area contributed by atoms with Gasteiger partial charge < -0.3 is 10.2 Å². The summed E-state index contributed by atoms with van der Waals surface area (Å²) in [6, 6.07) is 11.3. The van der Waals surface area contributed by atoms with Gasteiger partial charge in [0.15, 0.2) is 0 Å². The van der Waals surface area contributed by atoms with Crippen molar-refractivity contribution >= 4 is 0 Å².